The van der Waals surface area contributed by atoms with Crippen LogP contribution in [-0.4, -0.2) is 18.2 Å². The fraction of sp³-hybridized carbons (Fsp3) is 0.533. The first-order valence-electron chi connectivity index (χ1n) is 6.53. The summed E-state index contributed by atoms with van der Waals surface area (Å²) in [6.45, 7) is 0. The molecule has 2 rings (SSSR count). The van der Waals surface area contributed by atoms with Crippen LogP contribution < -0.4 is 4.74 Å². The Bertz CT molecular complexity index is 423. The molecule has 0 radical (unpaired) electrons. The average Bonchev–Trinajstić information content (AvgIpc) is 2.46. The van der Waals surface area contributed by atoms with Crippen molar-refractivity contribution in [1.29, 1.82) is 0 Å². The molecule has 0 aromatic heterocycles. The van der Waals surface area contributed by atoms with E-state index in [2.05, 4.69) is 22.0 Å². The van der Waals surface area contributed by atoms with E-state index in [1.807, 2.05) is 12.1 Å². The zero-order valence-electron chi connectivity index (χ0n) is 10.7. The van der Waals surface area contributed by atoms with E-state index >= 15 is 0 Å². The van der Waals surface area contributed by atoms with Crippen LogP contribution in [-0.2, 0) is 0 Å². The Morgan fingerprint density at radius 2 is 2.06 bits per heavy atom. The Morgan fingerprint density at radius 3 is 2.67 bits per heavy atom. The van der Waals surface area contributed by atoms with Gasteiger partial charge < -0.3 is 4.74 Å². The molecule has 0 bridgehead atoms. The van der Waals surface area contributed by atoms with Crippen LogP contribution in [0.25, 0.3) is 0 Å². The second kappa shape index (κ2) is 6.37. The number of carbonyl (C=O) groups excluding carboxylic acids is 1. The van der Waals surface area contributed by atoms with Gasteiger partial charge in [-0.05, 0) is 30.4 Å². The van der Waals surface area contributed by atoms with E-state index in [-0.39, 0.29) is 5.78 Å². The van der Waals surface area contributed by atoms with Crippen LogP contribution in [0.1, 0.15) is 53.9 Å². The number of benzene rings is 1. The number of alkyl halides is 1. The Kier molecular flexibility index (Phi) is 4.81. The van der Waals surface area contributed by atoms with Gasteiger partial charge in [0.1, 0.15) is 5.75 Å². The molecular weight excluding hydrogens is 292 g/mol. The van der Waals surface area contributed by atoms with Gasteiger partial charge in [0.05, 0.1) is 12.4 Å². The maximum Gasteiger partial charge on any atom is 0.173 e. The maximum absolute atomic E-state index is 11.7. The molecule has 0 N–H and O–H groups in total. The van der Waals surface area contributed by atoms with E-state index in [1.54, 1.807) is 7.11 Å². The van der Waals surface area contributed by atoms with Crippen LogP contribution in [0.3, 0.4) is 0 Å². The predicted octanol–water partition coefficient (Wildman–Crippen LogP) is 4.32. The van der Waals surface area contributed by atoms with Crippen molar-refractivity contribution in [3.8, 4) is 5.75 Å². The number of hydrogen-bond donors (Lipinski definition) is 0. The number of rotatable bonds is 4. The number of carbonyl (C=O) groups is 1. The minimum Gasteiger partial charge on any atom is -0.496 e. The van der Waals surface area contributed by atoms with Crippen molar-refractivity contribution in [3.63, 3.8) is 0 Å². The maximum atomic E-state index is 11.7. The van der Waals surface area contributed by atoms with E-state index in [9.17, 15) is 4.79 Å². The quantitative estimate of drug-likeness (QED) is 0.611. The van der Waals surface area contributed by atoms with Gasteiger partial charge in [0, 0.05) is 5.56 Å². The lowest BCUT2D eigenvalue weighted by atomic mass is 9.83. The van der Waals surface area contributed by atoms with E-state index in [4.69, 9.17) is 4.74 Å². The summed E-state index contributed by atoms with van der Waals surface area (Å²) in [6, 6.07) is 5.88. The molecule has 98 valence electrons. The predicted molar refractivity (Wildman–Crippen MR) is 76.9 cm³/mol. The van der Waals surface area contributed by atoms with E-state index in [1.165, 1.54) is 37.7 Å². The summed E-state index contributed by atoms with van der Waals surface area (Å²) >= 11 is 3.20. The first kappa shape index (κ1) is 13.6. The van der Waals surface area contributed by atoms with Crippen LogP contribution >= 0.6 is 15.9 Å². The molecule has 1 aliphatic carbocycles. The third kappa shape index (κ3) is 2.94. The monoisotopic (exact) mass is 310 g/mol. The van der Waals surface area contributed by atoms with Gasteiger partial charge in [-0.2, -0.15) is 0 Å². The van der Waals surface area contributed by atoms with Crippen LogP contribution in [0, 0.1) is 0 Å². The third-order valence-electron chi connectivity index (χ3n) is 3.72. The van der Waals surface area contributed by atoms with Gasteiger partial charge in [-0.3, -0.25) is 4.79 Å². The van der Waals surface area contributed by atoms with Crippen LogP contribution in [0.2, 0.25) is 0 Å². The SMILES string of the molecule is COc1cc(C(=O)CBr)ccc1C1CCCCC1. The van der Waals surface area contributed by atoms with Gasteiger partial charge in [0.2, 0.25) is 0 Å². The molecule has 0 heterocycles. The topological polar surface area (TPSA) is 26.3 Å². The second-order valence-corrected chi connectivity index (χ2v) is 5.41. The van der Waals surface area contributed by atoms with Gasteiger partial charge in [-0.15, -0.1) is 0 Å². The minimum atomic E-state index is 0.100. The van der Waals surface area contributed by atoms with Gasteiger partial charge in [0.15, 0.2) is 5.78 Å². The standard InChI is InChI=1S/C15H19BrO2/c1-18-15-9-12(14(17)10-16)7-8-13(15)11-5-3-2-4-6-11/h7-9,11H,2-6,10H2,1H3. The first-order valence-corrected chi connectivity index (χ1v) is 7.65. The highest BCUT2D eigenvalue weighted by Gasteiger charge is 2.20. The third-order valence-corrected chi connectivity index (χ3v) is 4.23. The molecule has 18 heavy (non-hydrogen) atoms. The molecule has 0 spiro atoms. The van der Waals surface area contributed by atoms with E-state index in [0.717, 1.165) is 11.3 Å². The molecule has 0 unspecified atom stereocenters. The Balaban J connectivity index is 2.27. The van der Waals surface area contributed by atoms with Crippen molar-refractivity contribution < 1.29 is 9.53 Å². The summed E-state index contributed by atoms with van der Waals surface area (Å²) in [4.78, 5) is 11.7. The highest BCUT2D eigenvalue weighted by Crippen LogP contribution is 2.37. The van der Waals surface area contributed by atoms with Gasteiger partial charge in [0.25, 0.3) is 0 Å². The highest BCUT2D eigenvalue weighted by molar-refractivity contribution is 9.09. The lowest BCUT2D eigenvalue weighted by Gasteiger charge is -2.24. The van der Waals surface area contributed by atoms with Crippen LogP contribution in [0.15, 0.2) is 18.2 Å². The summed E-state index contributed by atoms with van der Waals surface area (Å²) in [5.74, 6) is 1.57. The smallest absolute Gasteiger partial charge is 0.173 e. The fourth-order valence-corrected chi connectivity index (χ4v) is 3.04. The number of ether oxygens (including phenoxy) is 1. The van der Waals surface area contributed by atoms with Crippen molar-refractivity contribution in [2.75, 3.05) is 12.4 Å². The average molecular weight is 311 g/mol. The molecule has 0 aliphatic heterocycles. The molecular formula is C15H19BrO2. The first-order chi connectivity index (χ1) is 8.76. The fourth-order valence-electron chi connectivity index (χ4n) is 2.71. The summed E-state index contributed by atoms with van der Waals surface area (Å²) < 4.78 is 5.47. The summed E-state index contributed by atoms with van der Waals surface area (Å²) in [5.41, 5.74) is 1.99. The summed E-state index contributed by atoms with van der Waals surface area (Å²) in [5, 5.41) is 0.360. The lowest BCUT2D eigenvalue weighted by Crippen LogP contribution is -2.08. The van der Waals surface area contributed by atoms with E-state index in [0.29, 0.717) is 11.2 Å². The molecule has 1 aromatic rings. The zero-order chi connectivity index (χ0) is 13.0. The molecule has 3 heteroatoms. The van der Waals surface area contributed by atoms with Crippen molar-refractivity contribution >= 4 is 21.7 Å². The van der Waals surface area contributed by atoms with Crippen molar-refractivity contribution in [2.45, 2.75) is 38.0 Å². The largest absolute Gasteiger partial charge is 0.496 e. The normalized spacial score (nSPS) is 16.6. The number of hydrogen-bond acceptors (Lipinski definition) is 2. The molecule has 0 saturated heterocycles. The molecule has 1 aromatic carbocycles. The molecule has 0 amide bonds. The molecule has 1 aliphatic rings. The molecule has 1 saturated carbocycles. The van der Waals surface area contributed by atoms with Gasteiger partial charge in [-0.1, -0.05) is 47.3 Å². The number of Topliss-reactive ketones (excluding diaryl/α,β-unsaturated/α-hetero) is 1. The van der Waals surface area contributed by atoms with Crippen LogP contribution in [0.4, 0.5) is 0 Å². The Labute approximate surface area is 117 Å². The van der Waals surface area contributed by atoms with Gasteiger partial charge in [-0.25, -0.2) is 0 Å². The molecule has 1 fully saturated rings. The molecule has 2 nitrogen and oxygen atoms in total. The number of methoxy groups -OCH3 is 1. The van der Waals surface area contributed by atoms with Crippen molar-refractivity contribution in [3.05, 3.63) is 29.3 Å². The van der Waals surface area contributed by atoms with Crippen LogP contribution in [0.5, 0.6) is 5.75 Å². The summed E-state index contributed by atoms with van der Waals surface area (Å²) in [7, 11) is 1.68. The van der Waals surface area contributed by atoms with E-state index < -0.39 is 0 Å². The zero-order valence-corrected chi connectivity index (χ0v) is 12.3. The Hall–Kier alpha value is -0.830. The van der Waals surface area contributed by atoms with Gasteiger partial charge >= 0.3 is 0 Å². The second-order valence-electron chi connectivity index (χ2n) is 4.85. The summed E-state index contributed by atoms with van der Waals surface area (Å²) in [6.07, 6.45) is 6.43. The van der Waals surface area contributed by atoms with Crippen molar-refractivity contribution in [2.24, 2.45) is 0 Å². The Morgan fingerprint density at radius 1 is 1.33 bits per heavy atom. The number of halogens is 1. The molecule has 0 atom stereocenters. The lowest BCUT2D eigenvalue weighted by molar-refractivity contribution is 0.102. The number of ketones is 1. The minimum absolute atomic E-state index is 0.100. The van der Waals surface area contributed by atoms with Crippen molar-refractivity contribution in [1.82, 2.24) is 0 Å². The highest BCUT2D eigenvalue weighted by atomic mass is 79.9.